The fourth-order valence-electron chi connectivity index (χ4n) is 1.67. The van der Waals surface area contributed by atoms with Gasteiger partial charge < -0.3 is 0 Å². The van der Waals surface area contributed by atoms with E-state index in [0.29, 0.717) is 0 Å². The molecule has 0 aromatic carbocycles. The molecule has 1 aliphatic rings. The Bertz CT molecular complexity index is 274. The molecule has 1 rings (SSSR count). The molecule has 1 nitrogen and oxygen atoms in total. The number of likely N-dealkylation sites (tertiary alicyclic amines) is 1. The second kappa shape index (κ2) is 3.04. The van der Waals surface area contributed by atoms with Gasteiger partial charge in [0, 0.05) is 0 Å². The molecule has 1 aliphatic heterocycles. The van der Waals surface area contributed by atoms with Gasteiger partial charge in [0.2, 0.25) is 0 Å². The van der Waals surface area contributed by atoms with E-state index in [1.165, 1.54) is 11.1 Å². The van der Waals surface area contributed by atoms with Crippen LogP contribution in [0.3, 0.4) is 0 Å². The molecule has 60 valence electrons. The third-order valence-electron chi connectivity index (χ3n) is 2.44. The molecule has 12 heavy (non-hydrogen) atoms. The fourth-order valence-corrected chi connectivity index (χ4v) is 1.67. The molecule has 1 unspecified atom stereocenters. The van der Waals surface area contributed by atoms with Crippen LogP contribution in [0, 0.1) is 5.92 Å². The molecule has 1 saturated heterocycles. The summed E-state index contributed by atoms with van der Waals surface area (Å²) in [4.78, 5) is 1.85. The van der Waals surface area contributed by atoms with Crippen molar-refractivity contribution in [3.8, 4) is 0 Å². The molecule has 0 aliphatic carbocycles. The van der Waals surface area contributed by atoms with E-state index in [2.05, 4.69) is 20.8 Å². The van der Waals surface area contributed by atoms with Crippen LogP contribution in [0.2, 0.25) is 0 Å². The molecule has 0 amide bonds. The van der Waals surface area contributed by atoms with Gasteiger partial charge in [0.1, 0.15) is 0 Å². The van der Waals surface area contributed by atoms with E-state index in [1.54, 1.807) is 0 Å². The van der Waals surface area contributed by atoms with Crippen molar-refractivity contribution in [3.05, 3.63) is 11.1 Å². The van der Waals surface area contributed by atoms with E-state index in [9.17, 15) is 0 Å². The van der Waals surface area contributed by atoms with Crippen LogP contribution in [0.5, 0.6) is 0 Å². The van der Waals surface area contributed by atoms with E-state index in [4.69, 9.17) is 15.0 Å². The molecule has 1 fully saturated rings. The van der Waals surface area contributed by atoms with E-state index in [1.807, 2.05) is 11.9 Å². The van der Waals surface area contributed by atoms with Gasteiger partial charge in [-0.05, 0) is 0 Å². The second-order valence-electron chi connectivity index (χ2n) is 3.50. The monoisotopic (exact) mass is 157 g/mol. The van der Waals surface area contributed by atoms with Crippen molar-refractivity contribution in [2.45, 2.75) is 20.8 Å². The summed E-state index contributed by atoms with van der Waals surface area (Å²) >= 11 is 0. The zero-order valence-corrected chi connectivity index (χ0v) is 8.18. The minimum atomic E-state index is 0.264. The van der Waals surface area contributed by atoms with Crippen molar-refractivity contribution in [1.82, 2.24) is 4.90 Å². The van der Waals surface area contributed by atoms with Gasteiger partial charge in [-0.15, -0.1) is 0 Å². The number of hydrogen-bond acceptors (Lipinski definition) is 1. The van der Waals surface area contributed by atoms with E-state index in [0.717, 1.165) is 11.2 Å². The molecule has 1 atom stereocenters. The van der Waals surface area contributed by atoms with Gasteiger partial charge in [-0.1, -0.05) is 0 Å². The Morgan fingerprint density at radius 3 is 2.00 bits per heavy atom. The average Bonchev–Trinajstić information content (AvgIpc) is 2.16. The van der Waals surface area contributed by atoms with Crippen LogP contribution in [0.4, 0.5) is 0 Å². The topological polar surface area (TPSA) is 3.24 Å². The van der Waals surface area contributed by atoms with Crippen LogP contribution >= 0.6 is 0 Å². The molecule has 0 aromatic rings. The van der Waals surface area contributed by atoms with Crippen molar-refractivity contribution < 1.29 is 0 Å². The van der Waals surface area contributed by atoms with E-state index >= 15 is 0 Å². The first-order valence-electron chi connectivity index (χ1n) is 4.13. The molecule has 0 spiro atoms. The summed E-state index contributed by atoms with van der Waals surface area (Å²) in [5.41, 5.74) is 4.05. The molecule has 1 heterocycles. The SMILES string of the molecule is [B]=C1C(=C(C)C)C(C)C(=[B])N1C. The molecule has 2 radical (unpaired) electrons. The van der Waals surface area contributed by atoms with Crippen molar-refractivity contribution in [3.63, 3.8) is 0 Å². The Hall–Kier alpha value is -0.590. The van der Waals surface area contributed by atoms with Crippen LogP contribution in [0.15, 0.2) is 11.1 Å². The zero-order valence-electron chi connectivity index (χ0n) is 8.18. The Morgan fingerprint density at radius 2 is 1.83 bits per heavy atom. The standard InChI is InChI=1S/C9H13B2N/c1-5(2)7-6(3)8(10)12(4)9(7)11/h6H,1-4H3. The number of hydrogen-bond donors (Lipinski definition) is 0. The van der Waals surface area contributed by atoms with Gasteiger partial charge in [-0.2, -0.15) is 0 Å². The maximum atomic E-state index is 5.89. The molecule has 3 heteroatoms. The van der Waals surface area contributed by atoms with Crippen molar-refractivity contribution in [2.75, 3.05) is 7.05 Å². The van der Waals surface area contributed by atoms with Crippen LogP contribution in [0.25, 0.3) is 0 Å². The molecule has 0 bridgehead atoms. The van der Waals surface area contributed by atoms with Crippen molar-refractivity contribution in [2.24, 2.45) is 5.92 Å². The van der Waals surface area contributed by atoms with Crippen LogP contribution in [0.1, 0.15) is 20.8 Å². The molecular weight excluding hydrogens is 144 g/mol. The van der Waals surface area contributed by atoms with Crippen molar-refractivity contribution in [1.29, 1.82) is 0 Å². The third-order valence-corrected chi connectivity index (χ3v) is 2.44. The van der Waals surface area contributed by atoms with Gasteiger partial charge in [0.25, 0.3) is 0 Å². The van der Waals surface area contributed by atoms with Crippen LogP contribution < -0.4 is 0 Å². The summed E-state index contributed by atoms with van der Waals surface area (Å²) in [5.74, 6) is 0.264. The number of likely N-dealkylation sites (N-methyl/N-ethyl adjacent to an activating group) is 1. The predicted molar refractivity (Wildman–Crippen MR) is 56.8 cm³/mol. The number of nitrogens with zero attached hydrogens (tertiary/aromatic N) is 1. The summed E-state index contributed by atoms with van der Waals surface area (Å²) in [5, 5.41) is 0. The molecular formula is C9H13B2N. The van der Waals surface area contributed by atoms with E-state index in [-0.39, 0.29) is 5.92 Å². The third kappa shape index (κ3) is 1.21. The maximum absolute atomic E-state index is 5.89. The second-order valence-corrected chi connectivity index (χ2v) is 3.50. The molecule has 0 saturated carbocycles. The zero-order chi connectivity index (χ0) is 9.46. The number of allylic oxidation sites excluding steroid dienone is 1. The minimum absolute atomic E-state index is 0.264. The van der Waals surface area contributed by atoms with Gasteiger partial charge in [0.05, 0.1) is 0 Å². The summed E-state index contributed by atoms with van der Waals surface area (Å²) in [6, 6.07) is 0. The first-order valence-corrected chi connectivity index (χ1v) is 4.13. The normalized spacial score (nSPS) is 23.7. The average molecular weight is 157 g/mol. The fraction of sp³-hybridized carbons (Fsp3) is 0.556. The Balaban J connectivity index is 3.17. The molecule has 0 aromatic heterocycles. The van der Waals surface area contributed by atoms with E-state index < -0.39 is 0 Å². The molecule has 0 N–H and O–H groups in total. The van der Waals surface area contributed by atoms with Gasteiger partial charge in [0.15, 0.2) is 0 Å². The number of rotatable bonds is 0. The Kier molecular flexibility index (Phi) is 2.41. The first kappa shape index (κ1) is 9.50. The Labute approximate surface area is 76.6 Å². The summed E-state index contributed by atoms with van der Waals surface area (Å²) in [6.07, 6.45) is 0. The summed E-state index contributed by atoms with van der Waals surface area (Å²) in [7, 11) is 13.6. The first-order chi connectivity index (χ1) is 5.46. The quantitative estimate of drug-likeness (QED) is 0.462. The predicted octanol–water partition coefficient (Wildman–Crippen LogP) is 0.501. The van der Waals surface area contributed by atoms with Crippen LogP contribution in [-0.2, 0) is 0 Å². The van der Waals surface area contributed by atoms with Gasteiger partial charge in [-0.25, -0.2) is 0 Å². The summed E-state index contributed by atoms with van der Waals surface area (Å²) < 4.78 is 0. The van der Waals surface area contributed by atoms with Crippen LogP contribution in [-0.4, -0.2) is 38.1 Å². The summed E-state index contributed by atoms with van der Waals surface area (Å²) in [6.45, 7) is 6.20. The van der Waals surface area contributed by atoms with Gasteiger partial charge >= 0.3 is 75.9 Å². The van der Waals surface area contributed by atoms with Crippen molar-refractivity contribution >= 4 is 26.1 Å². The van der Waals surface area contributed by atoms with Gasteiger partial charge in [-0.3, -0.25) is 0 Å². The Morgan fingerprint density at radius 1 is 1.33 bits per heavy atom.